The van der Waals surface area contributed by atoms with Gasteiger partial charge in [-0.25, -0.2) is 4.98 Å². The van der Waals surface area contributed by atoms with E-state index in [1.807, 2.05) is 24.5 Å². The van der Waals surface area contributed by atoms with Crippen LogP contribution in [0, 0.1) is 0 Å². The molecule has 1 heterocycles. The van der Waals surface area contributed by atoms with Crippen molar-refractivity contribution in [2.24, 2.45) is 10.7 Å². The molecule has 1 aliphatic rings. The van der Waals surface area contributed by atoms with Crippen LogP contribution in [-0.4, -0.2) is 28.1 Å². The van der Waals surface area contributed by atoms with Gasteiger partial charge < -0.3 is 15.6 Å². The van der Waals surface area contributed by atoms with Gasteiger partial charge in [0.25, 0.3) is 0 Å². The number of benzene rings is 1. The van der Waals surface area contributed by atoms with Gasteiger partial charge in [0.15, 0.2) is 5.96 Å². The van der Waals surface area contributed by atoms with Crippen molar-refractivity contribution in [1.82, 2.24) is 14.9 Å². The van der Waals surface area contributed by atoms with Gasteiger partial charge in [-0.05, 0) is 31.4 Å². The Bertz CT molecular complexity index is 644. The number of halogens is 1. The van der Waals surface area contributed by atoms with Gasteiger partial charge in [0, 0.05) is 19.1 Å². The van der Waals surface area contributed by atoms with E-state index in [0.717, 1.165) is 25.0 Å². The molecule has 0 saturated heterocycles. The zero-order chi connectivity index (χ0) is 15.9. The zero-order valence-corrected chi connectivity index (χ0v) is 16.5. The molecular weight excluding hydrogens is 413 g/mol. The van der Waals surface area contributed by atoms with E-state index in [-0.39, 0.29) is 24.0 Å². The summed E-state index contributed by atoms with van der Waals surface area (Å²) in [5, 5.41) is 3.39. The van der Waals surface area contributed by atoms with Crippen LogP contribution in [0.1, 0.15) is 44.9 Å². The first-order valence-corrected chi connectivity index (χ1v) is 8.79. The number of hydrogen-bond acceptors (Lipinski definition) is 2. The number of fused-ring (bicyclic) bond motifs is 1. The lowest BCUT2D eigenvalue weighted by Gasteiger charge is -2.16. The average Bonchev–Trinajstić information content (AvgIpc) is 2.80. The lowest BCUT2D eigenvalue weighted by atomic mass is 10.1. The van der Waals surface area contributed by atoms with E-state index in [9.17, 15) is 0 Å². The fourth-order valence-corrected chi connectivity index (χ4v) is 3.31. The van der Waals surface area contributed by atoms with Crippen LogP contribution in [0.2, 0.25) is 0 Å². The normalized spacial score (nSPS) is 16.6. The number of aryl methyl sites for hydroxylation is 1. The second kappa shape index (κ2) is 9.86. The third-order valence-electron chi connectivity index (χ3n) is 4.57. The third-order valence-corrected chi connectivity index (χ3v) is 4.57. The molecule has 132 valence electrons. The third kappa shape index (κ3) is 5.36. The summed E-state index contributed by atoms with van der Waals surface area (Å²) < 4.78 is 2.18. The molecule has 1 aliphatic carbocycles. The second-order valence-corrected chi connectivity index (χ2v) is 6.38. The Labute approximate surface area is 161 Å². The average molecular weight is 441 g/mol. The van der Waals surface area contributed by atoms with Crippen LogP contribution in [-0.2, 0) is 6.54 Å². The van der Waals surface area contributed by atoms with Gasteiger partial charge in [-0.3, -0.25) is 4.99 Å². The lowest BCUT2D eigenvalue weighted by molar-refractivity contribution is 0.529. The molecule has 1 saturated carbocycles. The highest BCUT2D eigenvalue weighted by molar-refractivity contribution is 14.0. The van der Waals surface area contributed by atoms with Crippen LogP contribution in [0.25, 0.3) is 11.0 Å². The standard InChI is InChI=1S/C18H27N5.HI/c19-18(22-15-8-3-1-2-4-9-15)20-12-7-13-23-14-21-16-10-5-6-11-17(16)23;/h5-6,10-11,14-15H,1-4,7-9,12-13H2,(H3,19,20,22);1H. The van der Waals surface area contributed by atoms with Gasteiger partial charge in [-0.1, -0.05) is 37.8 Å². The van der Waals surface area contributed by atoms with E-state index in [1.54, 1.807) is 0 Å². The number of guanidine groups is 1. The largest absolute Gasteiger partial charge is 0.370 e. The van der Waals surface area contributed by atoms with Crippen molar-refractivity contribution in [1.29, 1.82) is 0 Å². The Balaban J connectivity index is 0.00000208. The van der Waals surface area contributed by atoms with Crippen LogP contribution < -0.4 is 11.1 Å². The molecule has 0 unspecified atom stereocenters. The molecule has 3 rings (SSSR count). The van der Waals surface area contributed by atoms with Crippen LogP contribution in [0.3, 0.4) is 0 Å². The monoisotopic (exact) mass is 441 g/mol. The quantitative estimate of drug-likeness (QED) is 0.245. The molecule has 3 N–H and O–H groups in total. The lowest BCUT2D eigenvalue weighted by Crippen LogP contribution is -2.39. The summed E-state index contributed by atoms with van der Waals surface area (Å²) in [4.78, 5) is 8.89. The summed E-state index contributed by atoms with van der Waals surface area (Å²) in [7, 11) is 0. The minimum atomic E-state index is 0. The molecule has 24 heavy (non-hydrogen) atoms. The summed E-state index contributed by atoms with van der Waals surface area (Å²) in [5.41, 5.74) is 8.25. The number of nitrogens with one attached hydrogen (secondary N) is 1. The summed E-state index contributed by atoms with van der Waals surface area (Å²) in [5.74, 6) is 0.604. The molecule has 2 aromatic rings. The van der Waals surface area contributed by atoms with Crippen molar-refractivity contribution in [3.63, 3.8) is 0 Å². The number of aromatic nitrogens is 2. The predicted molar refractivity (Wildman–Crippen MR) is 111 cm³/mol. The summed E-state index contributed by atoms with van der Waals surface area (Å²) in [6.45, 7) is 1.67. The van der Waals surface area contributed by atoms with Gasteiger partial charge in [-0.15, -0.1) is 24.0 Å². The number of rotatable bonds is 5. The van der Waals surface area contributed by atoms with Gasteiger partial charge in [0.1, 0.15) is 0 Å². The Morgan fingerprint density at radius 1 is 1.21 bits per heavy atom. The van der Waals surface area contributed by atoms with Gasteiger partial charge in [0.05, 0.1) is 17.4 Å². The molecular formula is C18H28IN5. The van der Waals surface area contributed by atoms with Gasteiger partial charge >= 0.3 is 0 Å². The molecule has 5 nitrogen and oxygen atoms in total. The minimum absolute atomic E-state index is 0. The van der Waals surface area contributed by atoms with Crippen molar-refractivity contribution in [3.05, 3.63) is 30.6 Å². The number of nitrogens with two attached hydrogens (primary N) is 1. The smallest absolute Gasteiger partial charge is 0.188 e. The molecule has 1 aromatic heterocycles. The Morgan fingerprint density at radius 2 is 1.96 bits per heavy atom. The van der Waals surface area contributed by atoms with E-state index in [2.05, 4.69) is 25.9 Å². The van der Waals surface area contributed by atoms with Gasteiger partial charge in [-0.2, -0.15) is 0 Å². The van der Waals surface area contributed by atoms with E-state index in [0.29, 0.717) is 12.0 Å². The van der Waals surface area contributed by atoms with Crippen LogP contribution in [0.5, 0.6) is 0 Å². The Morgan fingerprint density at radius 3 is 2.75 bits per heavy atom. The molecule has 1 aromatic carbocycles. The number of aliphatic imine (C=N–C) groups is 1. The van der Waals surface area contributed by atoms with Crippen molar-refractivity contribution < 1.29 is 0 Å². The Kier molecular flexibility index (Phi) is 7.81. The first-order valence-electron chi connectivity index (χ1n) is 8.79. The van der Waals surface area contributed by atoms with E-state index in [1.165, 1.54) is 44.0 Å². The molecule has 0 amide bonds. The van der Waals surface area contributed by atoms with Crippen LogP contribution >= 0.6 is 24.0 Å². The number of para-hydroxylation sites is 2. The highest BCUT2D eigenvalue weighted by Gasteiger charge is 2.12. The maximum atomic E-state index is 6.03. The van der Waals surface area contributed by atoms with Crippen molar-refractivity contribution >= 4 is 41.0 Å². The molecule has 0 bridgehead atoms. The number of hydrogen-bond donors (Lipinski definition) is 2. The zero-order valence-electron chi connectivity index (χ0n) is 14.2. The topological polar surface area (TPSA) is 68.2 Å². The maximum absolute atomic E-state index is 6.03. The molecule has 0 atom stereocenters. The van der Waals surface area contributed by atoms with E-state index < -0.39 is 0 Å². The fourth-order valence-electron chi connectivity index (χ4n) is 3.31. The minimum Gasteiger partial charge on any atom is -0.370 e. The maximum Gasteiger partial charge on any atom is 0.188 e. The predicted octanol–water partition coefficient (Wildman–Crippen LogP) is 3.67. The number of nitrogens with zero attached hydrogens (tertiary/aromatic N) is 3. The number of imidazole rings is 1. The molecule has 0 radical (unpaired) electrons. The highest BCUT2D eigenvalue weighted by atomic mass is 127. The fraction of sp³-hybridized carbons (Fsp3) is 0.556. The highest BCUT2D eigenvalue weighted by Crippen LogP contribution is 2.17. The first-order chi connectivity index (χ1) is 11.3. The molecule has 6 heteroatoms. The summed E-state index contributed by atoms with van der Waals surface area (Å²) in [6.07, 6.45) is 10.6. The summed E-state index contributed by atoms with van der Waals surface area (Å²) in [6, 6.07) is 8.72. The van der Waals surface area contributed by atoms with E-state index >= 15 is 0 Å². The first kappa shape index (κ1) is 19.0. The molecule has 1 fully saturated rings. The molecule has 0 spiro atoms. The van der Waals surface area contributed by atoms with Gasteiger partial charge in [0.2, 0.25) is 0 Å². The summed E-state index contributed by atoms with van der Waals surface area (Å²) >= 11 is 0. The second-order valence-electron chi connectivity index (χ2n) is 6.38. The van der Waals surface area contributed by atoms with Crippen LogP contribution in [0.15, 0.2) is 35.6 Å². The van der Waals surface area contributed by atoms with Crippen molar-refractivity contribution in [3.8, 4) is 0 Å². The van der Waals surface area contributed by atoms with Crippen molar-refractivity contribution in [2.45, 2.75) is 57.5 Å². The Hall–Kier alpha value is -1.31. The van der Waals surface area contributed by atoms with Crippen molar-refractivity contribution in [2.75, 3.05) is 6.54 Å². The molecule has 0 aliphatic heterocycles. The van der Waals surface area contributed by atoms with Crippen LogP contribution in [0.4, 0.5) is 0 Å². The van der Waals surface area contributed by atoms with E-state index in [4.69, 9.17) is 5.73 Å². The SMILES string of the molecule is I.NC(=NCCCn1cnc2ccccc21)NC1CCCCCC1.